The first-order valence-corrected chi connectivity index (χ1v) is 15.1. The molecule has 4 aromatic rings. The van der Waals surface area contributed by atoms with Gasteiger partial charge in [-0.05, 0) is 68.3 Å². The van der Waals surface area contributed by atoms with E-state index < -0.39 is 23.7 Å². The first-order valence-electron chi connectivity index (χ1n) is 14.3. The van der Waals surface area contributed by atoms with Crippen LogP contribution in [0.2, 0.25) is 0 Å². The average Bonchev–Trinajstić information content (AvgIpc) is 3.55. The van der Waals surface area contributed by atoms with Crippen molar-refractivity contribution in [3.63, 3.8) is 0 Å². The number of hydrogen-bond donors (Lipinski definition) is 1. The van der Waals surface area contributed by atoms with Crippen molar-refractivity contribution < 1.29 is 33.7 Å². The van der Waals surface area contributed by atoms with Crippen LogP contribution in [0.4, 0.5) is 5.13 Å². The number of Topliss-reactive ketones (excluding diaryl/α,β-unsaturated/α-hetero) is 1. The van der Waals surface area contributed by atoms with Crippen LogP contribution in [0, 0.1) is 13.8 Å². The lowest BCUT2D eigenvalue weighted by molar-refractivity contribution is -0.132. The highest BCUT2D eigenvalue weighted by atomic mass is 32.1. The topological polar surface area (TPSA) is 115 Å². The lowest BCUT2D eigenvalue weighted by Crippen LogP contribution is -2.29. The molecule has 1 aliphatic rings. The molecule has 230 valence electrons. The van der Waals surface area contributed by atoms with Crippen molar-refractivity contribution in [2.45, 2.75) is 33.4 Å². The molecule has 3 aromatic carbocycles. The van der Waals surface area contributed by atoms with Gasteiger partial charge in [0.2, 0.25) is 0 Å². The van der Waals surface area contributed by atoms with Gasteiger partial charge in [-0.1, -0.05) is 66.0 Å². The van der Waals surface area contributed by atoms with Crippen molar-refractivity contribution in [1.82, 2.24) is 4.98 Å². The summed E-state index contributed by atoms with van der Waals surface area (Å²) in [6.07, 6.45) is 1.62. The maximum Gasteiger partial charge on any atom is 0.350 e. The molecule has 1 fully saturated rings. The van der Waals surface area contributed by atoms with Crippen LogP contribution in [-0.4, -0.2) is 41.0 Å². The Labute approximate surface area is 265 Å². The van der Waals surface area contributed by atoms with Crippen molar-refractivity contribution in [2.75, 3.05) is 18.1 Å². The number of benzene rings is 3. The summed E-state index contributed by atoms with van der Waals surface area (Å²) in [5.74, 6) is -1.54. The fourth-order valence-electron chi connectivity index (χ4n) is 4.95. The molecule has 0 bridgehead atoms. The largest absolute Gasteiger partial charge is 0.507 e. The third-order valence-electron chi connectivity index (χ3n) is 7.08. The monoisotopic (exact) mass is 624 g/mol. The molecule has 1 unspecified atom stereocenters. The summed E-state index contributed by atoms with van der Waals surface area (Å²) in [6, 6.07) is 20.4. The minimum atomic E-state index is -1.03. The van der Waals surface area contributed by atoms with E-state index in [1.807, 2.05) is 31.2 Å². The van der Waals surface area contributed by atoms with Crippen LogP contribution in [-0.2, 0) is 20.9 Å². The van der Waals surface area contributed by atoms with Gasteiger partial charge >= 0.3 is 11.9 Å². The molecule has 1 saturated heterocycles. The van der Waals surface area contributed by atoms with Gasteiger partial charge in [-0.2, -0.15) is 0 Å². The zero-order valence-corrected chi connectivity index (χ0v) is 25.9. The molecule has 1 atom stereocenters. The number of rotatable bonds is 11. The Morgan fingerprint density at radius 2 is 1.71 bits per heavy atom. The van der Waals surface area contributed by atoms with E-state index in [1.54, 1.807) is 68.5 Å². The molecule has 1 amide bonds. The number of ether oxygens (including phenoxy) is 3. The number of anilines is 1. The minimum Gasteiger partial charge on any atom is -0.507 e. The Morgan fingerprint density at radius 3 is 2.38 bits per heavy atom. The Balaban J connectivity index is 1.52. The van der Waals surface area contributed by atoms with Crippen molar-refractivity contribution >= 4 is 39.9 Å². The van der Waals surface area contributed by atoms with E-state index in [9.17, 15) is 19.5 Å². The molecule has 2 heterocycles. The highest BCUT2D eigenvalue weighted by Crippen LogP contribution is 2.44. The normalized spacial score (nSPS) is 15.6. The summed E-state index contributed by atoms with van der Waals surface area (Å²) < 4.78 is 16.7. The molecule has 0 saturated carbocycles. The Hall–Kier alpha value is -5.22. The van der Waals surface area contributed by atoms with Crippen LogP contribution in [0.25, 0.3) is 5.76 Å². The summed E-state index contributed by atoms with van der Waals surface area (Å²) >= 11 is 0.950. The van der Waals surface area contributed by atoms with E-state index in [1.165, 1.54) is 4.90 Å². The lowest BCUT2D eigenvalue weighted by Gasteiger charge is -2.23. The number of amides is 1. The number of nitrogens with zero attached hydrogens (tertiary/aromatic N) is 2. The van der Waals surface area contributed by atoms with Crippen molar-refractivity contribution in [3.8, 4) is 11.5 Å². The molecule has 45 heavy (non-hydrogen) atoms. The number of aliphatic hydroxyl groups excluding tert-OH is 1. The fourth-order valence-corrected chi connectivity index (χ4v) is 5.94. The number of thiazole rings is 1. The SMILES string of the molecule is C=CCOc1ccc(C2/C(=C(\O)c3ccc(OCc4cccc(C)c4)cc3)C(=O)C(=O)N2c2nc(C)c(C(=O)OCC)s2)cc1. The van der Waals surface area contributed by atoms with Gasteiger partial charge in [0.25, 0.3) is 5.78 Å². The molecule has 1 N–H and O–H groups in total. The van der Waals surface area contributed by atoms with Gasteiger partial charge < -0.3 is 19.3 Å². The standard InChI is InChI=1S/C35H32N2O7S/c1-5-18-43-26-14-10-24(11-15-26)29-28(31(39)33(40)37(29)35-36-22(4)32(45-35)34(41)42-6-2)30(38)25-12-16-27(17-13-25)44-20-23-9-7-8-21(3)19-23/h5,7-17,19,29,38H,1,6,18,20H2,2-4H3/b30-28+. The molecule has 0 aliphatic carbocycles. The van der Waals surface area contributed by atoms with Gasteiger partial charge in [-0.25, -0.2) is 9.78 Å². The quantitative estimate of drug-likeness (QED) is 0.0644. The number of ketones is 1. The average molecular weight is 625 g/mol. The molecule has 1 aliphatic heterocycles. The van der Waals surface area contributed by atoms with Crippen LogP contribution < -0.4 is 14.4 Å². The fraction of sp³-hybridized carbons (Fsp3) is 0.200. The highest BCUT2D eigenvalue weighted by Gasteiger charge is 2.48. The van der Waals surface area contributed by atoms with E-state index in [0.717, 1.165) is 22.5 Å². The second kappa shape index (κ2) is 13.6. The third-order valence-corrected chi connectivity index (χ3v) is 8.21. The van der Waals surface area contributed by atoms with Crippen molar-refractivity contribution in [1.29, 1.82) is 0 Å². The van der Waals surface area contributed by atoms with Gasteiger partial charge in [-0.15, -0.1) is 0 Å². The Kier molecular flexibility index (Phi) is 9.44. The van der Waals surface area contributed by atoms with Gasteiger partial charge in [0, 0.05) is 5.56 Å². The van der Waals surface area contributed by atoms with Gasteiger partial charge in [0.05, 0.1) is 23.9 Å². The number of aliphatic hydroxyl groups is 1. The number of hydrogen-bond acceptors (Lipinski definition) is 9. The smallest absolute Gasteiger partial charge is 0.350 e. The maximum atomic E-state index is 13.6. The van der Waals surface area contributed by atoms with Crippen molar-refractivity contribution in [3.05, 3.63) is 124 Å². The first kappa shape index (κ1) is 31.2. The second-order valence-corrected chi connectivity index (χ2v) is 11.2. The highest BCUT2D eigenvalue weighted by molar-refractivity contribution is 7.17. The summed E-state index contributed by atoms with van der Waals surface area (Å²) in [5.41, 5.74) is 3.26. The summed E-state index contributed by atoms with van der Waals surface area (Å²) in [5, 5.41) is 11.7. The Morgan fingerprint density at radius 1 is 1.02 bits per heavy atom. The molecule has 0 radical (unpaired) electrons. The van der Waals surface area contributed by atoms with Crippen LogP contribution in [0.3, 0.4) is 0 Å². The molecular weight excluding hydrogens is 592 g/mol. The van der Waals surface area contributed by atoms with Crippen LogP contribution in [0.5, 0.6) is 11.5 Å². The van der Waals surface area contributed by atoms with E-state index >= 15 is 0 Å². The van der Waals surface area contributed by atoms with Gasteiger partial charge in [0.15, 0.2) is 5.13 Å². The third kappa shape index (κ3) is 6.66. The zero-order chi connectivity index (χ0) is 32.1. The molecule has 0 spiro atoms. The molecule has 1 aromatic heterocycles. The van der Waals surface area contributed by atoms with E-state index in [-0.39, 0.29) is 27.9 Å². The van der Waals surface area contributed by atoms with E-state index in [0.29, 0.717) is 41.5 Å². The van der Waals surface area contributed by atoms with E-state index in [4.69, 9.17) is 14.2 Å². The molecule has 10 heteroatoms. The first-order chi connectivity index (χ1) is 21.7. The lowest BCUT2D eigenvalue weighted by atomic mass is 9.95. The number of aryl methyl sites for hydroxylation is 2. The van der Waals surface area contributed by atoms with Gasteiger partial charge in [-0.3, -0.25) is 14.5 Å². The van der Waals surface area contributed by atoms with Crippen LogP contribution in [0.1, 0.15) is 50.6 Å². The second-order valence-electron chi connectivity index (χ2n) is 10.3. The molecule has 9 nitrogen and oxygen atoms in total. The predicted octanol–water partition coefficient (Wildman–Crippen LogP) is 6.71. The van der Waals surface area contributed by atoms with Crippen LogP contribution in [0.15, 0.2) is 91.0 Å². The summed E-state index contributed by atoms with van der Waals surface area (Å²) in [6.45, 7) is 9.83. The number of carbonyl (C=O) groups excluding carboxylic acids is 3. The van der Waals surface area contributed by atoms with Crippen molar-refractivity contribution in [2.24, 2.45) is 0 Å². The Bertz CT molecular complexity index is 1770. The van der Waals surface area contributed by atoms with Gasteiger partial charge in [0.1, 0.15) is 35.3 Å². The zero-order valence-electron chi connectivity index (χ0n) is 25.1. The number of carbonyl (C=O) groups is 3. The van der Waals surface area contributed by atoms with Crippen LogP contribution >= 0.6 is 11.3 Å². The number of aromatic nitrogens is 1. The minimum absolute atomic E-state index is 0.112. The summed E-state index contributed by atoms with van der Waals surface area (Å²) in [7, 11) is 0. The molecule has 5 rings (SSSR count). The number of esters is 1. The van der Waals surface area contributed by atoms with E-state index in [2.05, 4.69) is 11.6 Å². The molecular formula is C35H32N2O7S. The predicted molar refractivity (Wildman–Crippen MR) is 172 cm³/mol. The maximum absolute atomic E-state index is 13.6. The summed E-state index contributed by atoms with van der Waals surface area (Å²) in [4.78, 5) is 45.6.